The van der Waals surface area contributed by atoms with E-state index in [0.29, 0.717) is 28.4 Å². The highest BCUT2D eigenvalue weighted by atomic mass is 79.9. The van der Waals surface area contributed by atoms with Crippen LogP contribution in [0.15, 0.2) is 20.1 Å². The third-order valence-corrected chi connectivity index (χ3v) is 6.43. The molecule has 1 saturated heterocycles. The quantitative estimate of drug-likeness (QED) is 0.849. The minimum atomic E-state index is -3.43. The number of thiophene rings is 1. The molecule has 8 heteroatoms. The molecule has 2 rings (SSSR count). The molecule has 1 unspecified atom stereocenters. The van der Waals surface area contributed by atoms with Crippen LogP contribution in [0.25, 0.3) is 0 Å². The van der Waals surface area contributed by atoms with Gasteiger partial charge in [0.05, 0.1) is 12.7 Å². The van der Waals surface area contributed by atoms with Crippen LogP contribution in [0.3, 0.4) is 0 Å². The molecule has 0 radical (unpaired) electrons. The molecule has 1 atom stereocenters. The van der Waals surface area contributed by atoms with Crippen LogP contribution in [-0.4, -0.2) is 40.8 Å². The number of rotatable bonds is 4. The number of morpholine rings is 1. The molecule has 1 aromatic heterocycles. The molecule has 1 aliphatic rings. The van der Waals surface area contributed by atoms with Crippen LogP contribution in [0.2, 0.25) is 0 Å². The van der Waals surface area contributed by atoms with Gasteiger partial charge in [0.2, 0.25) is 0 Å². The van der Waals surface area contributed by atoms with Crippen molar-refractivity contribution in [2.45, 2.75) is 10.3 Å². The molecule has 1 aliphatic heterocycles. The minimum Gasteiger partial charge on any atom is -0.374 e. The Bertz CT molecular complexity index is 468. The van der Waals surface area contributed by atoms with Crippen molar-refractivity contribution < 1.29 is 13.2 Å². The summed E-state index contributed by atoms with van der Waals surface area (Å²) in [4.78, 5) is 0. The Labute approximate surface area is 113 Å². The fourth-order valence-electron chi connectivity index (χ4n) is 1.49. The van der Waals surface area contributed by atoms with Crippen molar-refractivity contribution in [1.29, 1.82) is 0 Å². The van der Waals surface area contributed by atoms with E-state index in [4.69, 9.17) is 4.74 Å². The highest BCUT2D eigenvalue weighted by Crippen LogP contribution is 2.27. The van der Waals surface area contributed by atoms with Crippen molar-refractivity contribution in [2.75, 3.05) is 26.2 Å². The molecule has 1 aromatic rings. The van der Waals surface area contributed by atoms with E-state index in [1.54, 1.807) is 11.4 Å². The molecule has 0 saturated carbocycles. The van der Waals surface area contributed by atoms with E-state index in [-0.39, 0.29) is 6.10 Å². The third kappa shape index (κ3) is 3.49. The zero-order chi connectivity index (χ0) is 12.3. The highest BCUT2D eigenvalue weighted by Gasteiger charge is 2.21. The molecular formula is C9H13BrN2O3S2. The van der Waals surface area contributed by atoms with Crippen molar-refractivity contribution in [2.24, 2.45) is 0 Å². The minimum absolute atomic E-state index is 0.0998. The Morgan fingerprint density at radius 2 is 2.47 bits per heavy atom. The summed E-state index contributed by atoms with van der Waals surface area (Å²) in [5.74, 6) is 0. The van der Waals surface area contributed by atoms with Crippen molar-refractivity contribution in [3.63, 3.8) is 0 Å². The first-order valence-corrected chi connectivity index (χ1v) is 8.30. The lowest BCUT2D eigenvalue weighted by Crippen LogP contribution is -2.45. The highest BCUT2D eigenvalue weighted by molar-refractivity contribution is 9.10. The molecule has 5 nitrogen and oxygen atoms in total. The van der Waals surface area contributed by atoms with E-state index in [1.165, 1.54) is 11.3 Å². The largest absolute Gasteiger partial charge is 0.374 e. The molecule has 0 aliphatic carbocycles. The van der Waals surface area contributed by atoms with Gasteiger partial charge in [-0.05, 0) is 27.4 Å². The van der Waals surface area contributed by atoms with Gasteiger partial charge in [-0.2, -0.15) is 0 Å². The SMILES string of the molecule is O=S(=O)(NCC1CNCCO1)c1sccc1Br. The molecule has 0 spiro atoms. The summed E-state index contributed by atoms with van der Waals surface area (Å²) in [5, 5.41) is 4.88. The zero-order valence-corrected chi connectivity index (χ0v) is 12.2. The molecule has 96 valence electrons. The smallest absolute Gasteiger partial charge is 0.251 e. The maximum Gasteiger partial charge on any atom is 0.251 e. The van der Waals surface area contributed by atoms with Crippen LogP contribution in [0.5, 0.6) is 0 Å². The van der Waals surface area contributed by atoms with E-state index in [1.807, 2.05) is 0 Å². The van der Waals surface area contributed by atoms with Gasteiger partial charge in [0.25, 0.3) is 10.0 Å². The van der Waals surface area contributed by atoms with Gasteiger partial charge < -0.3 is 10.1 Å². The number of ether oxygens (including phenoxy) is 1. The molecule has 0 bridgehead atoms. The first-order valence-electron chi connectivity index (χ1n) is 5.14. The molecule has 17 heavy (non-hydrogen) atoms. The number of nitrogens with one attached hydrogen (secondary N) is 2. The topological polar surface area (TPSA) is 67.4 Å². The van der Waals surface area contributed by atoms with Gasteiger partial charge in [-0.3, -0.25) is 0 Å². The van der Waals surface area contributed by atoms with Crippen LogP contribution in [-0.2, 0) is 14.8 Å². The zero-order valence-electron chi connectivity index (χ0n) is 8.98. The maximum atomic E-state index is 12.0. The van der Waals surface area contributed by atoms with Crippen molar-refractivity contribution in [3.8, 4) is 0 Å². The summed E-state index contributed by atoms with van der Waals surface area (Å²) in [6.07, 6.45) is -0.0998. The fraction of sp³-hybridized carbons (Fsp3) is 0.556. The van der Waals surface area contributed by atoms with E-state index in [0.717, 1.165) is 6.54 Å². The van der Waals surface area contributed by atoms with Crippen LogP contribution in [0.1, 0.15) is 0 Å². The molecule has 0 amide bonds. The standard InChI is InChI=1S/C9H13BrN2O3S2/c10-8-1-4-16-9(8)17(13,14)12-6-7-5-11-2-3-15-7/h1,4,7,11-12H,2-3,5-6H2. The Morgan fingerprint density at radius 1 is 1.65 bits per heavy atom. The molecule has 2 N–H and O–H groups in total. The van der Waals surface area contributed by atoms with Crippen LogP contribution >= 0.6 is 27.3 Å². The number of halogens is 1. The first-order chi connectivity index (χ1) is 8.09. The molecular weight excluding hydrogens is 328 g/mol. The Hall–Kier alpha value is 0.01000. The van der Waals surface area contributed by atoms with Crippen molar-refractivity contribution >= 4 is 37.3 Å². The Morgan fingerprint density at radius 3 is 3.06 bits per heavy atom. The molecule has 2 heterocycles. The van der Waals surface area contributed by atoms with Gasteiger partial charge in [-0.15, -0.1) is 11.3 Å². The van der Waals surface area contributed by atoms with Gasteiger partial charge >= 0.3 is 0 Å². The Balaban J connectivity index is 1.96. The molecule has 0 aromatic carbocycles. The van der Waals surface area contributed by atoms with E-state index in [9.17, 15) is 8.42 Å². The summed E-state index contributed by atoms with van der Waals surface area (Å²) in [6.45, 7) is 2.41. The summed E-state index contributed by atoms with van der Waals surface area (Å²) in [6, 6.07) is 1.72. The third-order valence-electron chi connectivity index (χ3n) is 2.33. The number of hydrogen-bond donors (Lipinski definition) is 2. The second-order valence-electron chi connectivity index (χ2n) is 3.60. The van der Waals surface area contributed by atoms with E-state index in [2.05, 4.69) is 26.0 Å². The summed E-state index contributed by atoms with van der Waals surface area (Å²) in [7, 11) is -3.43. The van der Waals surface area contributed by atoms with E-state index >= 15 is 0 Å². The first kappa shape index (κ1) is 13.4. The normalized spacial score (nSPS) is 21.6. The second-order valence-corrected chi connectivity index (χ2v) is 7.34. The Kier molecular flexibility index (Phi) is 4.56. The van der Waals surface area contributed by atoms with Crippen LogP contribution in [0.4, 0.5) is 0 Å². The maximum absolute atomic E-state index is 12.0. The van der Waals surface area contributed by atoms with Crippen molar-refractivity contribution in [3.05, 3.63) is 15.9 Å². The lowest BCUT2D eigenvalue weighted by Gasteiger charge is -2.23. The monoisotopic (exact) mass is 340 g/mol. The van der Waals surface area contributed by atoms with Gasteiger partial charge in [-0.25, -0.2) is 13.1 Å². The van der Waals surface area contributed by atoms with E-state index < -0.39 is 10.0 Å². The average molecular weight is 341 g/mol. The van der Waals surface area contributed by atoms with Crippen LogP contribution in [0, 0.1) is 0 Å². The van der Waals surface area contributed by atoms with Crippen LogP contribution < -0.4 is 10.0 Å². The summed E-state index contributed by atoms with van der Waals surface area (Å²) in [5.41, 5.74) is 0. The lowest BCUT2D eigenvalue weighted by atomic mass is 10.3. The van der Waals surface area contributed by atoms with Crippen molar-refractivity contribution in [1.82, 2.24) is 10.0 Å². The number of sulfonamides is 1. The van der Waals surface area contributed by atoms with Gasteiger partial charge in [0.1, 0.15) is 4.21 Å². The fourth-order valence-corrected chi connectivity index (χ4v) is 4.94. The lowest BCUT2D eigenvalue weighted by molar-refractivity contribution is 0.0324. The number of hydrogen-bond acceptors (Lipinski definition) is 5. The van der Waals surface area contributed by atoms with Gasteiger partial charge in [-0.1, -0.05) is 0 Å². The predicted octanol–water partition coefficient (Wildman–Crippen LogP) is 0.777. The molecule has 1 fully saturated rings. The average Bonchev–Trinajstić information content (AvgIpc) is 2.75. The predicted molar refractivity (Wildman–Crippen MR) is 69.8 cm³/mol. The summed E-state index contributed by atoms with van der Waals surface area (Å²) >= 11 is 4.41. The second kappa shape index (κ2) is 5.77. The van der Waals surface area contributed by atoms with Gasteiger partial charge in [0, 0.05) is 24.1 Å². The summed E-state index contributed by atoms with van der Waals surface area (Å²) < 4.78 is 32.8. The van der Waals surface area contributed by atoms with Gasteiger partial charge in [0.15, 0.2) is 0 Å².